The second-order valence-corrected chi connectivity index (χ2v) is 5.40. The van der Waals surface area contributed by atoms with E-state index in [4.69, 9.17) is 0 Å². The van der Waals surface area contributed by atoms with Crippen molar-refractivity contribution < 1.29 is 10.2 Å². The van der Waals surface area contributed by atoms with Crippen molar-refractivity contribution in [2.24, 2.45) is 0 Å². The van der Waals surface area contributed by atoms with Crippen LogP contribution in [-0.2, 0) is 0 Å². The van der Waals surface area contributed by atoms with E-state index in [1.165, 1.54) is 0 Å². The summed E-state index contributed by atoms with van der Waals surface area (Å²) in [5, 5.41) is 27.6. The second-order valence-electron chi connectivity index (χ2n) is 5.40. The second kappa shape index (κ2) is 4.23. The van der Waals surface area contributed by atoms with E-state index in [1.807, 2.05) is 48.5 Å². The predicted molar refractivity (Wildman–Crippen MR) is 77.6 cm³/mol. The molecule has 0 fully saturated rings. The smallest absolute Gasteiger partial charge is 0.103 e. The number of hydrogen-bond acceptors (Lipinski definition) is 4. The minimum absolute atomic E-state index is 0.241. The SMILES string of the molecule is OC1c2ccccc2NC1C1Nc2ccccc2C1O. The van der Waals surface area contributed by atoms with E-state index in [0.29, 0.717) is 0 Å². The maximum absolute atomic E-state index is 10.5. The first-order valence-electron chi connectivity index (χ1n) is 6.83. The lowest BCUT2D eigenvalue weighted by atomic mass is 9.96. The number of aliphatic hydroxyl groups excluding tert-OH is 2. The van der Waals surface area contributed by atoms with Gasteiger partial charge in [-0.3, -0.25) is 0 Å². The Balaban J connectivity index is 1.66. The number of nitrogens with one attached hydrogen (secondary N) is 2. The van der Waals surface area contributed by atoms with Crippen LogP contribution in [0, 0.1) is 0 Å². The van der Waals surface area contributed by atoms with Crippen LogP contribution in [0.3, 0.4) is 0 Å². The van der Waals surface area contributed by atoms with Gasteiger partial charge in [-0.25, -0.2) is 0 Å². The fourth-order valence-corrected chi connectivity index (χ4v) is 3.25. The summed E-state index contributed by atoms with van der Waals surface area (Å²) in [4.78, 5) is 0. The van der Waals surface area contributed by atoms with Crippen molar-refractivity contribution in [2.45, 2.75) is 24.3 Å². The van der Waals surface area contributed by atoms with Crippen molar-refractivity contribution >= 4 is 11.4 Å². The Labute approximate surface area is 117 Å². The molecule has 2 aliphatic rings. The molecule has 4 atom stereocenters. The first-order valence-corrected chi connectivity index (χ1v) is 6.83. The summed E-state index contributed by atoms with van der Waals surface area (Å²) in [6.45, 7) is 0. The standard InChI is InChI=1S/C16H16N2O2/c19-15-9-5-1-3-7-11(9)17-13(15)14-16(20)10-6-2-4-8-12(10)18-14/h1-8,13-20H. The minimum Gasteiger partial charge on any atom is -0.386 e. The maximum Gasteiger partial charge on any atom is 0.103 e. The normalized spacial score (nSPS) is 30.3. The summed E-state index contributed by atoms with van der Waals surface area (Å²) in [6.07, 6.45) is -1.24. The third-order valence-corrected chi connectivity index (χ3v) is 4.27. The van der Waals surface area contributed by atoms with Crippen molar-refractivity contribution in [3.63, 3.8) is 0 Å². The van der Waals surface area contributed by atoms with Crippen LogP contribution < -0.4 is 10.6 Å². The first-order chi connectivity index (χ1) is 9.75. The van der Waals surface area contributed by atoms with Crippen molar-refractivity contribution in [3.05, 3.63) is 59.7 Å². The highest BCUT2D eigenvalue weighted by Crippen LogP contribution is 2.42. The summed E-state index contributed by atoms with van der Waals surface area (Å²) in [6, 6.07) is 15.0. The number of para-hydroxylation sites is 2. The lowest BCUT2D eigenvalue weighted by molar-refractivity contribution is 0.103. The van der Waals surface area contributed by atoms with Crippen LogP contribution in [0.1, 0.15) is 23.3 Å². The summed E-state index contributed by atoms with van der Waals surface area (Å²) < 4.78 is 0. The highest BCUT2D eigenvalue weighted by Gasteiger charge is 2.43. The molecule has 0 aliphatic carbocycles. The molecule has 2 aliphatic heterocycles. The van der Waals surface area contributed by atoms with Gasteiger partial charge in [0.1, 0.15) is 12.2 Å². The molecule has 0 bridgehead atoms. The van der Waals surface area contributed by atoms with E-state index in [1.54, 1.807) is 0 Å². The molecule has 2 aromatic carbocycles. The topological polar surface area (TPSA) is 64.5 Å². The van der Waals surface area contributed by atoms with Gasteiger partial charge in [-0.1, -0.05) is 36.4 Å². The Morgan fingerprint density at radius 1 is 0.650 bits per heavy atom. The Kier molecular flexibility index (Phi) is 2.49. The van der Waals surface area contributed by atoms with Crippen molar-refractivity contribution in [3.8, 4) is 0 Å². The summed E-state index contributed by atoms with van der Waals surface area (Å²) in [5.41, 5.74) is 3.66. The van der Waals surface area contributed by atoms with E-state index >= 15 is 0 Å². The highest BCUT2D eigenvalue weighted by atomic mass is 16.3. The molecule has 0 spiro atoms. The summed E-state index contributed by atoms with van der Waals surface area (Å²) in [7, 11) is 0. The monoisotopic (exact) mass is 268 g/mol. The van der Waals surface area contributed by atoms with Gasteiger partial charge in [-0.05, 0) is 12.1 Å². The number of hydrogen-bond donors (Lipinski definition) is 4. The van der Waals surface area contributed by atoms with Crippen LogP contribution in [0.5, 0.6) is 0 Å². The van der Waals surface area contributed by atoms with Crippen molar-refractivity contribution in [2.75, 3.05) is 10.6 Å². The van der Waals surface area contributed by atoms with Crippen LogP contribution in [0.4, 0.5) is 11.4 Å². The van der Waals surface area contributed by atoms with Gasteiger partial charge in [0.2, 0.25) is 0 Å². The lowest BCUT2D eigenvalue weighted by Crippen LogP contribution is -2.41. The molecule has 2 heterocycles. The van der Waals surface area contributed by atoms with Gasteiger partial charge in [0, 0.05) is 22.5 Å². The van der Waals surface area contributed by atoms with E-state index in [-0.39, 0.29) is 12.1 Å². The predicted octanol–water partition coefficient (Wildman–Crippen LogP) is 2.04. The fraction of sp³-hybridized carbons (Fsp3) is 0.250. The highest BCUT2D eigenvalue weighted by molar-refractivity contribution is 5.63. The Morgan fingerprint density at radius 3 is 1.45 bits per heavy atom. The van der Waals surface area contributed by atoms with E-state index < -0.39 is 12.2 Å². The fourth-order valence-electron chi connectivity index (χ4n) is 3.25. The van der Waals surface area contributed by atoms with Gasteiger partial charge in [-0.15, -0.1) is 0 Å². The third kappa shape index (κ3) is 1.55. The number of fused-ring (bicyclic) bond motifs is 2. The molecule has 4 nitrogen and oxygen atoms in total. The molecule has 4 N–H and O–H groups in total. The molecule has 4 heteroatoms. The van der Waals surface area contributed by atoms with Gasteiger partial charge in [0.05, 0.1) is 12.1 Å². The molecule has 0 saturated heterocycles. The average Bonchev–Trinajstić information content (AvgIpc) is 2.98. The van der Waals surface area contributed by atoms with E-state index in [2.05, 4.69) is 10.6 Å². The molecule has 20 heavy (non-hydrogen) atoms. The molecular weight excluding hydrogens is 252 g/mol. The summed E-state index contributed by atoms with van der Waals surface area (Å²) >= 11 is 0. The van der Waals surface area contributed by atoms with Gasteiger partial charge in [-0.2, -0.15) is 0 Å². The minimum atomic E-state index is -0.618. The molecule has 4 rings (SSSR count). The number of benzene rings is 2. The number of anilines is 2. The average molecular weight is 268 g/mol. The van der Waals surface area contributed by atoms with Gasteiger partial charge in [0.25, 0.3) is 0 Å². The molecule has 102 valence electrons. The van der Waals surface area contributed by atoms with Crippen LogP contribution in [-0.4, -0.2) is 22.3 Å². The Morgan fingerprint density at radius 2 is 1.05 bits per heavy atom. The van der Waals surface area contributed by atoms with Gasteiger partial charge in [0.15, 0.2) is 0 Å². The van der Waals surface area contributed by atoms with Crippen LogP contribution >= 0.6 is 0 Å². The van der Waals surface area contributed by atoms with E-state index in [9.17, 15) is 10.2 Å². The van der Waals surface area contributed by atoms with E-state index in [0.717, 1.165) is 22.5 Å². The molecule has 0 radical (unpaired) electrons. The zero-order chi connectivity index (χ0) is 13.7. The summed E-state index contributed by atoms with van der Waals surface area (Å²) in [5.74, 6) is 0. The third-order valence-electron chi connectivity index (χ3n) is 4.27. The first kappa shape index (κ1) is 11.8. The quantitative estimate of drug-likeness (QED) is 0.639. The zero-order valence-electron chi connectivity index (χ0n) is 10.8. The Bertz CT molecular complexity index is 601. The maximum atomic E-state index is 10.5. The van der Waals surface area contributed by atoms with Crippen LogP contribution in [0.2, 0.25) is 0 Å². The zero-order valence-corrected chi connectivity index (χ0v) is 10.8. The number of rotatable bonds is 1. The largest absolute Gasteiger partial charge is 0.386 e. The van der Waals surface area contributed by atoms with Crippen molar-refractivity contribution in [1.29, 1.82) is 0 Å². The Hall–Kier alpha value is -2.04. The molecule has 4 unspecified atom stereocenters. The molecule has 0 aromatic heterocycles. The van der Waals surface area contributed by atoms with Gasteiger partial charge >= 0.3 is 0 Å². The molecule has 0 saturated carbocycles. The lowest BCUT2D eigenvalue weighted by Gasteiger charge is -2.26. The van der Waals surface area contributed by atoms with Crippen LogP contribution in [0.25, 0.3) is 0 Å². The molecule has 0 amide bonds. The number of aliphatic hydroxyl groups is 2. The molecule has 2 aromatic rings. The van der Waals surface area contributed by atoms with Gasteiger partial charge < -0.3 is 20.8 Å². The van der Waals surface area contributed by atoms with Crippen molar-refractivity contribution in [1.82, 2.24) is 0 Å². The molecular formula is C16H16N2O2. The van der Waals surface area contributed by atoms with Crippen LogP contribution in [0.15, 0.2) is 48.5 Å².